The van der Waals surface area contributed by atoms with Crippen LogP contribution in [0, 0.1) is 0 Å². The van der Waals surface area contributed by atoms with Crippen LogP contribution in [0.1, 0.15) is 29.1 Å². The summed E-state index contributed by atoms with van der Waals surface area (Å²) in [5.41, 5.74) is 0.952. The Morgan fingerprint density at radius 1 is 1.04 bits per heavy atom. The third-order valence-electron chi connectivity index (χ3n) is 3.35. The van der Waals surface area contributed by atoms with Crippen LogP contribution in [0.2, 0.25) is 0 Å². The number of halogens is 1. The van der Waals surface area contributed by atoms with E-state index in [1.165, 1.54) is 12.3 Å². The van der Waals surface area contributed by atoms with Gasteiger partial charge in [-0.2, -0.15) is 0 Å². The minimum absolute atomic E-state index is 0.119. The van der Waals surface area contributed by atoms with E-state index in [0.29, 0.717) is 0 Å². The van der Waals surface area contributed by atoms with Gasteiger partial charge in [0, 0.05) is 4.47 Å². The molecular weight excluding hydrogens is 390 g/mol. The average Bonchev–Trinajstić information content (AvgIpc) is 3.13. The highest BCUT2D eigenvalue weighted by Gasteiger charge is 2.12. The second-order valence-corrected chi connectivity index (χ2v) is 6.19. The third kappa shape index (κ3) is 6.07. The van der Waals surface area contributed by atoms with Crippen LogP contribution in [0.3, 0.4) is 0 Å². The van der Waals surface area contributed by atoms with Crippen molar-refractivity contribution in [3.8, 4) is 0 Å². The molecule has 0 fully saturated rings. The first-order chi connectivity index (χ1) is 12.0. The summed E-state index contributed by atoms with van der Waals surface area (Å²) < 4.78 is 5.87. The summed E-state index contributed by atoms with van der Waals surface area (Å²) in [6.07, 6.45) is 1.37. The Morgan fingerprint density at radius 3 is 2.36 bits per heavy atom. The molecule has 25 heavy (non-hydrogen) atoms. The lowest BCUT2D eigenvalue weighted by Crippen LogP contribution is -2.42. The van der Waals surface area contributed by atoms with Gasteiger partial charge in [-0.15, -0.1) is 0 Å². The summed E-state index contributed by atoms with van der Waals surface area (Å²) in [6, 6.07) is 10.5. The minimum atomic E-state index is -0.492. The Kier molecular flexibility index (Phi) is 6.76. The van der Waals surface area contributed by atoms with Crippen LogP contribution in [0.15, 0.2) is 51.6 Å². The van der Waals surface area contributed by atoms with Gasteiger partial charge in [-0.1, -0.05) is 28.1 Å². The largest absolute Gasteiger partial charge is 0.459 e. The molecule has 0 aliphatic rings. The molecule has 0 saturated carbocycles. The van der Waals surface area contributed by atoms with E-state index in [9.17, 15) is 14.4 Å². The zero-order chi connectivity index (χ0) is 18.2. The van der Waals surface area contributed by atoms with E-state index >= 15 is 0 Å². The quantitative estimate of drug-likeness (QED) is 0.650. The second kappa shape index (κ2) is 9.03. The summed E-state index contributed by atoms with van der Waals surface area (Å²) in [7, 11) is 0. The summed E-state index contributed by atoms with van der Waals surface area (Å²) in [6.45, 7) is 1.44. The highest BCUT2D eigenvalue weighted by atomic mass is 79.9. The minimum Gasteiger partial charge on any atom is -0.459 e. The van der Waals surface area contributed by atoms with Crippen LogP contribution < -0.4 is 16.0 Å². The molecule has 3 amide bonds. The molecule has 7 nitrogen and oxygen atoms in total. The lowest BCUT2D eigenvalue weighted by atomic mass is 10.1. The summed E-state index contributed by atoms with van der Waals surface area (Å²) in [5.74, 6) is -1.16. The molecule has 3 N–H and O–H groups in total. The molecule has 1 heterocycles. The maximum atomic E-state index is 11.9. The van der Waals surface area contributed by atoms with Crippen molar-refractivity contribution in [1.82, 2.24) is 16.0 Å². The van der Waals surface area contributed by atoms with Gasteiger partial charge in [0.1, 0.15) is 0 Å². The predicted octanol–water partition coefficient (Wildman–Crippen LogP) is 1.77. The number of carbonyl (C=O) groups is 3. The lowest BCUT2D eigenvalue weighted by Gasteiger charge is -2.15. The molecule has 0 aliphatic carbocycles. The number of hydrogen-bond acceptors (Lipinski definition) is 4. The van der Waals surface area contributed by atoms with Crippen molar-refractivity contribution in [2.45, 2.75) is 13.0 Å². The first-order valence-corrected chi connectivity index (χ1v) is 8.38. The van der Waals surface area contributed by atoms with Crippen molar-refractivity contribution in [2.75, 3.05) is 13.1 Å². The molecule has 2 aromatic rings. The van der Waals surface area contributed by atoms with E-state index < -0.39 is 11.8 Å². The van der Waals surface area contributed by atoms with Gasteiger partial charge >= 0.3 is 0 Å². The van der Waals surface area contributed by atoms with Crippen LogP contribution >= 0.6 is 15.9 Å². The lowest BCUT2D eigenvalue weighted by molar-refractivity contribution is -0.125. The molecule has 0 spiro atoms. The topological polar surface area (TPSA) is 100 Å². The Morgan fingerprint density at radius 2 is 1.72 bits per heavy atom. The summed E-state index contributed by atoms with van der Waals surface area (Å²) in [5, 5.41) is 7.63. The fraction of sp³-hybridized carbons (Fsp3) is 0.235. The van der Waals surface area contributed by atoms with Gasteiger partial charge < -0.3 is 20.4 Å². The van der Waals surface area contributed by atoms with E-state index in [-0.39, 0.29) is 30.8 Å². The monoisotopic (exact) mass is 407 g/mol. The van der Waals surface area contributed by atoms with E-state index in [0.717, 1.165) is 10.0 Å². The van der Waals surface area contributed by atoms with Gasteiger partial charge in [0.2, 0.25) is 11.8 Å². The highest BCUT2D eigenvalue weighted by Crippen LogP contribution is 2.16. The van der Waals surface area contributed by atoms with Crippen molar-refractivity contribution in [2.24, 2.45) is 0 Å². The van der Waals surface area contributed by atoms with Crippen LogP contribution in [0.25, 0.3) is 0 Å². The highest BCUT2D eigenvalue weighted by molar-refractivity contribution is 9.10. The number of amides is 3. The standard InChI is InChI=1S/C17H18BrN3O4/c1-11(12-4-6-13(18)7-5-12)21-16(23)10-19-15(22)9-20-17(24)14-3-2-8-25-14/h2-8,11H,9-10H2,1H3,(H,19,22)(H,20,24)(H,21,23). The number of rotatable bonds is 7. The fourth-order valence-corrected chi connectivity index (χ4v) is 2.29. The fourth-order valence-electron chi connectivity index (χ4n) is 2.02. The molecule has 2 rings (SSSR count). The third-order valence-corrected chi connectivity index (χ3v) is 3.88. The Bertz CT molecular complexity index is 729. The van der Waals surface area contributed by atoms with Crippen molar-refractivity contribution in [1.29, 1.82) is 0 Å². The van der Waals surface area contributed by atoms with E-state index in [1.54, 1.807) is 6.07 Å². The zero-order valence-electron chi connectivity index (χ0n) is 13.5. The van der Waals surface area contributed by atoms with Crippen LogP contribution in [-0.4, -0.2) is 30.8 Å². The Labute approximate surface area is 153 Å². The molecule has 0 aliphatic heterocycles. The first kappa shape index (κ1) is 18.7. The molecule has 8 heteroatoms. The van der Waals surface area contributed by atoms with Gasteiger partial charge in [0.05, 0.1) is 25.4 Å². The van der Waals surface area contributed by atoms with Crippen LogP contribution in [0.5, 0.6) is 0 Å². The summed E-state index contributed by atoms with van der Waals surface area (Å²) >= 11 is 3.35. The SMILES string of the molecule is CC(NC(=O)CNC(=O)CNC(=O)c1ccco1)c1ccc(Br)cc1. The number of benzene rings is 1. The zero-order valence-corrected chi connectivity index (χ0v) is 15.1. The van der Waals surface area contributed by atoms with Gasteiger partial charge in [-0.05, 0) is 36.8 Å². The number of carbonyl (C=O) groups excluding carboxylic acids is 3. The Hall–Kier alpha value is -2.61. The molecule has 0 radical (unpaired) electrons. The van der Waals surface area contributed by atoms with Gasteiger partial charge in [0.25, 0.3) is 5.91 Å². The smallest absolute Gasteiger partial charge is 0.287 e. The van der Waals surface area contributed by atoms with Gasteiger partial charge in [-0.25, -0.2) is 0 Å². The van der Waals surface area contributed by atoms with Crippen molar-refractivity contribution < 1.29 is 18.8 Å². The van der Waals surface area contributed by atoms with Crippen molar-refractivity contribution >= 4 is 33.7 Å². The molecule has 1 aromatic heterocycles. The molecule has 0 bridgehead atoms. The number of nitrogens with one attached hydrogen (secondary N) is 3. The predicted molar refractivity (Wildman–Crippen MR) is 94.8 cm³/mol. The van der Waals surface area contributed by atoms with Crippen LogP contribution in [-0.2, 0) is 9.59 Å². The molecule has 1 aromatic carbocycles. The van der Waals surface area contributed by atoms with Crippen molar-refractivity contribution in [3.63, 3.8) is 0 Å². The molecule has 1 unspecified atom stereocenters. The van der Waals surface area contributed by atoms with Crippen molar-refractivity contribution in [3.05, 3.63) is 58.5 Å². The second-order valence-electron chi connectivity index (χ2n) is 5.28. The number of hydrogen-bond donors (Lipinski definition) is 3. The molecular formula is C17H18BrN3O4. The van der Waals surface area contributed by atoms with E-state index in [2.05, 4.69) is 31.9 Å². The Balaban J connectivity index is 1.69. The molecule has 0 saturated heterocycles. The van der Waals surface area contributed by atoms with Crippen LogP contribution in [0.4, 0.5) is 0 Å². The maximum Gasteiger partial charge on any atom is 0.287 e. The first-order valence-electron chi connectivity index (χ1n) is 7.59. The van der Waals surface area contributed by atoms with E-state index in [1.807, 2.05) is 31.2 Å². The average molecular weight is 408 g/mol. The number of furan rings is 1. The maximum absolute atomic E-state index is 11.9. The van der Waals surface area contributed by atoms with Gasteiger partial charge in [-0.3, -0.25) is 14.4 Å². The van der Waals surface area contributed by atoms with Gasteiger partial charge in [0.15, 0.2) is 5.76 Å². The molecule has 1 atom stereocenters. The normalized spacial score (nSPS) is 11.4. The molecule has 132 valence electrons. The van der Waals surface area contributed by atoms with E-state index in [4.69, 9.17) is 4.42 Å². The summed E-state index contributed by atoms with van der Waals surface area (Å²) in [4.78, 5) is 35.2.